The first-order valence-corrected chi connectivity index (χ1v) is 6.74. The lowest BCUT2D eigenvalue weighted by molar-refractivity contribution is -0.120. The first kappa shape index (κ1) is 14.6. The topological polar surface area (TPSA) is 68.0 Å². The van der Waals surface area contributed by atoms with Crippen LogP contribution in [0.5, 0.6) is 0 Å². The minimum Gasteiger partial charge on any atom is -0.368 e. The van der Waals surface area contributed by atoms with Crippen LogP contribution in [-0.2, 0) is 11.3 Å². The van der Waals surface area contributed by atoms with Gasteiger partial charge in [0, 0.05) is 29.0 Å². The van der Waals surface area contributed by atoms with Crippen LogP contribution in [0.2, 0.25) is 0 Å². The van der Waals surface area contributed by atoms with E-state index in [1.807, 2.05) is 6.07 Å². The van der Waals surface area contributed by atoms with Crippen LogP contribution in [0.4, 0.5) is 4.39 Å². The number of hydrogen-bond acceptors (Lipinski definition) is 3. The second-order valence-electron chi connectivity index (χ2n) is 4.24. The normalized spacial score (nSPS) is 12.1. The number of nitrogens with zero attached hydrogens (tertiary/aromatic N) is 1. The van der Waals surface area contributed by atoms with E-state index in [0.717, 1.165) is 5.56 Å². The zero-order valence-corrected chi connectivity index (χ0v) is 12.1. The van der Waals surface area contributed by atoms with Gasteiger partial charge < -0.3 is 5.73 Å². The summed E-state index contributed by atoms with van der Waals surface area (Å²) < 4.78 is 14.5. The number of primary amides is 1. The van der Waals surface area contributed by atoms with E-state index in [1.54, 1.807) is 24.5 Å². The van der Waals surface area contributed by atoms with Gasteiger partial charge in [0.25, 0.3) is 0 Å². The fourth-order valence-corrected chi connectivity index (χ4v) is 2.16. The third-order valence-electron chi connectivity index (χ3n) is 2.79. The molecular formula is C14H13BrFN3O. The lowest BCUT2D eigenvalue weighted by Crippen LogP contribution is -2.34. The van der Waals surface area contributed by atoms with Gasteiger partial charge in [-0.1, -0.05) is 28.1 Å². The Balaban J connectivity index is 2.17. The molecule has 1 heterocycles. The minimum absolute atomic E-state index is 0.226. The number of amides is 1. The van der Waals surface area contributed by atoms with E-state index in [0.29, 0.717) is 11.0 Å². The van der Waals surface area contributed by atoms with Gasteiger partial charge in [-0.2, -0.15) is 0 Å². The van der Waals surface area contributed by atoms with Crippen LogP contribution in [0.25, 0.3) is 0 Å². The number of nitrogens with two attached hydrogens (primary N) is 1. The van der Waals surface area contributed by atoms with Crippen molar-refractivity contribution < 1.29 is 9.18 Å². The molecule has 1 aromatic heterocycles. The van der Waals surface area contributed by atoms with Gasteiger partial charge in [0.05, 0.1) is 0 Å². The van der Waals surface area contributed by atoms with Crippen molar-refractivity contribution in [3.8, 4) is 0 Å². The summed E-state index contributed by atoms with van der Waals surface area (Å²) in [4.78, 5) is 15.5. The summed E-state index contributed by atoms with van der Waals surface area (Å²) in [6.07, 6.45) is 3.33. The number of hydrogen-bond donors (Lipinski definition) is 2. The second kappa shape index (κ2) is 6.58. The van der Waals surface area contributed by atoms with E-state index >= 15 is 0 Å². The van der Waals surface area contributed by atoms with Crippen molar-refractivity contribution in [3.05, 3.63) is 64.1 Å². The van der Waals surface area contributed by atoms with Gasteiger partial charge in [0.15, 0.2) is 0 Å². The summed E-state index contributed by atoms with van der Waals surface area (Å²) in [5.74, 6) is -1.11. The molecule has 0 radical (unpaired) electrons. The van der Waals surface area contributed by atoms with Crippen LogP contribution in [0.1, 0.15) is 17.2 Å². The lowest BCUT2D eigenvalue weighted by Gasteiger charge is -2.16. The number of pyridine rings is 1. The SMILES string of the molecule is NC(=O)[C@H](NCc1cccnc1)c1ccc(Br)cc1F. The lowest BCUT2D eigenvalue weighted by atomic mass is 10.1. The molecule has 0 aliphatic heterocycles. The largest absolute Gasteiger partial charge is 0.368 e. The molecule has 0 fully saturated rings. The van der Waals surface area contributed by atoms with E-state index in [2.05, 4.69) is 26.2 Å². The molecule has 20 heavy (non-hydrogen) atoms. The van der Waals surface area contributed by atoms with Crippen LogP contribution in [0.15, 0.2) is 47.2 Å². The van der Waals surface area contributed by atoms with Gasteiger partial charge in [0.2, 0.25) is 5.91 Å². The van der Waals surface area contributed by atoms with Crippen LogP contribution in [0, 0.1) is 5.82 Å². The highest BCUT2D eigenvalue weighted by Gasteiger charge is 2.20. The monoisotopic (exact) mass is 337 g/mol. The van der Waals surface area contributed by atoms with Crippen LogP contribution >= 0.6 is 15.9 Å². The molecule has 0 aliphatic carbocycles. The number of carbonyl (C=O) groups is 1. The van der Waals surface area contributed by atoms with Crippen molar-refractivity contribution >= 4 is 21.8 Å². The van der Waals surface area contributed by atoms with Crippen molar-refractivity contribution in [2.24, 2.45) is 5.73 Å². The number of nitrogens with one attached hydrogen (secondary N) is 1. The summed E-state index contributed by atoms with van der Waals surface area (Å²) in [7, 11) is 0. The highest BCUT2D eigenvalue weighted by molar-refractivity contribution is 9.10. The van der Waals surface area contributed by atoms with Crippen LogP contribution in [-0.4, -0.2) is 10.9 Å². The average Bonchev–Trinajstić information content (AvgIpc) is 2.42. The Morgan fingerprint density at radius 1 is 1.45 bits per heavy atom. The van der Waals surface area contributed by atoms with Crippen molar-refractivity contribution in [3.63, 3.8) is 0 Å². The van der Waals surface area contributed by atoms with Gasteiger partial charge in [-0.05, 0) is 23.8 Å². The molecule has 0 unspecified atom stereocenters. The fraction of sp³-hybridized carbons (Fsp3) is 0.143. The predicted octanol–water partition coefficient (Wildman–Crippen LogP) is 2.30. The van der Waals surface area contributed by atoms with Gasteiger partial charge in [-0.3, -0.25) is 15.1 Å². The summed E-state index contributed by atoms with van der Waals surface area (Å²) in [6.45, 7) is 0.372. The first-order valence-electron chi connectivity index (χ1n) is 5.94. The van der Waals surface area contributed by atoms with E-state index < -0.39 is 17.8 Å². The molecule has 0 bridgehead atoms. The third-order valence-corrected chi connectivity index (χ3v) is 3.28. The molecule has 0 saturated heterocycles. The maximum Gasteiger partial charge on any atom is 0.239 e. The quantitative estimate of drug-likeness (QED) is 0.879. The molecular weight excluding hydrogens is 325 g/mol. The molecule has 3 N–H and O–H groups in total. The molecule has 4 nitrogen and oxygen atoms in total. The van der Waals surface area contributed by atoms with Gasteiger partial charge in [0.1, 0.15) is 11.9 Å². The molecule has 0 spiro atoms. The standard InChI is InChI=1S/C14H13BrFN3O/c15-10-3-4-11(12(16)6-10)13(14(17)20)19-8-9-2-1-5-18-7-9/h1-7,13,19H,8H2,(H2,17,20)/t13-/m1/s1. The fourth-order valence-electron chi connectivity index (χ4n) is 1.82. The maximum atomic E-state index is 13.9. The summed E-state index contributed by atoms with van der Waals surface area (Å²) in [5, 5.41) is 2.94. The summed E-state index contributed by atoms with van der Waals surface area (Å²) in [6, 6.07) is 7.26. The minimum atomic E-state index is -0.886. The smallest absolute Gasteiger partial charge is 0.239 e. The second-order valence-corrected chi connectivity index (χ2v) is 5.16. The molecule has 104 valence electrons. The Kier molecular flexibility index (Phi) is 4.81. The zero-order valence-electron chi connectivity index (χ0n) is 10.5. The molecule has 0 aliphatic rings. The summed E-state index contributed by atoms with van der Waals surface area (Å²) >= 11 is 3.17. The first-order chi connectivity index (χ1) is 9.58. The molecule has 2 aromatic rings. The third kappa shape index (κ3) is 3.61. The van der Waals surface area contributed by atoms with Gasteiger partial charge in [-0.25, -0.2) is 4.39 Å². The number of aromatic nitrogens is 1. The highest BCUT2D eigenvalue weighted by Crippen LogP contribution is 2.21. The maximum absolute atomic E-state index is 13.9. The van der Waals surface area contributed by atoms with Crippen molar-refractivity contribution in [2.45, 2.75) is 12.6 Å². The molecule has 6 heteroatoms. The van der Waals surface area contributed by atoms with Crippen LogP contribution in [0.3, 0.4) is 0 Å². The average molecular weight is 338 g/mol. The number of halogens is 2. The molecule has 1 aromatic carbocycles. The van der Waals surface area contributed by atoms with Gasteiger partial charge in [-0.15, -0.1) is 0 Å². The van der Waals surface area contributed by atoms with Crippen molar-refractivity contribution in [1.29, 1.82) is 0 Å². The number of benzene rings is 1. The van der Waals surface area contributed by atoms with E-state index in [-0.39, 0.29) is 5.56 Å². The molecule has 1 atom stereocenters. The molecule has 0 saturated carbocycles. The summed E-state index contributed by atoms with van der Waals surface area (Å²) in [5.41, 5.74) is 6.46. The Morgan fingerprint density at radius 2 is 2.25 bits per heavy atom. The number of carbonyl (C=O) groups excluding carboxylic acids is 1. The van der Waals surface area contributed by atoms with Gasteiger partial charge >= 0.3 is 0 Å². The Labute approximate surface area is 124 Å². The van der Waals surface area contributed by atoms with Crippen molar-refractivity contribution in [2.75, 3.05) is 0 Å². The zero-order chi connectivity index (χ0) is 14.5. The highest BCUT2D eigenvalue weighted by atomic mass is 79.9. The van der Waals surface area contributed by atoms with E-state index in [1.165, 1.54) is 12.1 Å². The van der Waals surface area contributed by atoms with E-state index in [9.17, 15) is 9.18 Å². The Morgan fingerprint density at radius 3 is 2.85 bits per heavy atom. The van der Waals surface area contributed by atoms with E-state index in [4.69, 9.17) is 5.73 Å². The predicted molar refractivity (Wildman–Crippen MR) is 77.1 cm³/mol. The van der Waals surface area contributed by atoms with Crippen molar-refractivity contribution in [1.82, 2.24) is 10.3 Å². The Hall–Kier alpha value is -1.79. The van der Waals surface area contributed by atoms with Crippen LogP contribution < -0.4 is 11.1 Å². The Bertz CT molecular complexity index is 607. The number of rotatable bonds is 5. The molecule has 2 rings (SSSR count). The molecule has 1 amide bonds.